The van der Waals surface area contributed by atoms with Crippen LogP contribution in [0.4, 0.5) is 11.4 Å². The van der Waals surface area contributed by atoms with Crippen LogP contribution in [-0.4, -0.2) is 39.0 Å². The number of nitrogens with two attached hydrogens (primary N) is 1. The van der Waals surface area contributed by atoms with E-state index in [9.17, 15) is 8.42 Å². The molecule has 7 heteroatoms. The molecular weight excluding hydrogens is 288 g/mol. The van der Waals surface area contributed by atoms with Crippen LogP contribution in [0.1, 0.15) is 20.3 Å². The molecule has 0 spiro atoms. The second kappa shape index (κ2) is 6.21. The van der Waals surface area contributed by atoms with Crippen molar-refractivity contribution in [3.63, 3.8) is 0 Å². The first-order valence-corrected chi connectivity index (χ1v) is 8.66. The Morgan fingerprint density at radius 3 is 2.62 bits per heavy atom. The first-order valence-electron chi connectivity index (χ1n) is 7.12. The molecule has 3 atom stereocenters. The molecule has 0 radical (unpaired) electrons. The van der Waals surface area contributed by atoms with Crippen LogP contribution < -0.4 is 15.2 Å². The lowest BCUT2D eigenvalue weighted by atomic mass is 9.89. The molecule has 0 aliphatic carbocycles. The van der Waals surface area contributed by atoms with Crippen molar-refractivity contribution in [2.45, 2.75) is 32.4 Å². The Bertz CT molecular complexity index is 590. The second-order valence-corrected chi connectivity index (χ2v) is 7.27. The van der Waals surface area contributed by atoms with Gasteiger partial charge in [-0.15, -0.1) is 0 Å². The molecule has 1 fully saturated rings. The van der Waals surface area contributed by atoms with Crippen molar-refractivity contribution in [3.8, 4) is 0 Å². The Morgan fingerprint density at radius 2 is 1.95 bits per heavy atom. The summed E-state index contributed by atoms with van der Waals surface area (Å²) in [5.41, 5.74) is 1.37. The fourth-order valence-corrected chi connectivity index (χ4v) is 3.25. The van der Waals surface area contributed by atoms with E-state index in [0.29, 0.717) is 23.7 Å². The lowest BCUT2D eigenvalue weighted by molar-refractivity contribution is 0.145. The van der Waals surface area contributed by atoms with E-state index in [1.54, 1.807) is 18.2 Å². The summed E-state index contributed by atoms with van der Waals surface area (Å²) in [5.74, 6) is 0.529. The van der Waals surface area contributed by atoms with Gasteiger partial charge in [0.2, 0.25) is 0 Å². The first kappa shape index (κ1) is 16.1. The number of piperidine rings is 1. The van der Waals surface area contributed by atoms with Gasteiger partial charge in [0, 0.05) is 24.3 Å². The highest BCUT2D eigenvalue weighted by Crippen LogP contribution is 2.25. The lowest BCUT2D eigenvalue weighted by Gasteiger charge is -2.40. The largest absolute Gasteiger partial charge is 0.382 e. The summed E-state index contributed by atoms with van der Waals surface area (Å²) in [6, 6.07) is 8.09. The number of hydrogen-bond donors (Lipinski definition) is 3. The average molecular weight is 312 g/mol. The smallest absolute Gasteiger partial charge is 0.296 e. The van der Waals surface area contributed by atoms with Crippen LogP contribution in [0.25, 0.3) is 0 Å². The Labute approximate surface area is 126 Å². The quantitative estimate of drug-likeness (QED) is 0.785. The van der Waals surface area contributed by atoms with E-state index in [1.165, 1.54) is 0 Å². The van der Waals surface area contributed by atoms with Crippen molar-refractivity contribution in [1.82, 2.24) is 4.90 Å². The van der Waals surface area contributed by atoms with Crippen LogP contribution in [0, 0.1) is 5.92 Å². The van der Waals surface area contributed by atoms with E-state index >= 15 is 0 Å². The number of rotatable bonds is 4. The SMILES string of the molecule is CC1CN(C)C(C)CC1Nc1cccc(NS(N)(=O)=O)c1. The minimum absolute atomic E-state index is 0.376. The molecule has 1 aromatic rings. The topological polar surface area (TPSA) is 87.5 Å². The number of anilines is 2. The number of nitrogens with zero attached hydrogens (tertiary/aromatic N) is 1. The zero-order valence-electron chi connectivity index (χ0n) is 12.7. The summed E-state index contributed by atoms with van der Waals surface area (Å²) < 4.78 is 24.4. The van der Waals surface area contributed by atoms with Crippen molar-refractivity contribution in [2.75, 3.05) is 23.6 Å². The van der Waals surface area contributed by atoms with Gasteiger partial charge in [0.05, 0.1) is 5.69 Å². The standard InChI is InChI=1S/C14H24N4O2S/c1-10-9-18(3)11(2)7-14(10)16-12-5-4-6-13(8-12)17-21(15,19)20/h4-6,8,10-11,14,16-17H,7,9H2,1-3H3,(H2,15,19,20). The molecule has 1 heterocycles. The van der Waals surface area contributed by atoms with Gasteiger partial charge in [-0.05, 0) is 44.5 Å². The molecule has 4 N–H and O–H groups in total. The van der Waals surface area contributed by atoms with E-state index in [0.717, 1.165) is 18.7 Å². The highest BCUT2D eigenvalue weighted by atomic mass is 32.2. The molecule has 1 aliphatic heterocycles. The van der Waals surface area contributed by atoms with Gasteiger partial charge in [-0.2, -0.15) is 8.42 Å². The molecule has 1 aromatic carbocycles. The normalized spacial score (nSPS) is 27.3. The molecule has 0 aromatic heterocycles. The molecule has 0 saturated carbocycles. The molecule has 3 unspecified atom stereocenters. The van der Waals surface area contributed by atoms with Gasteiger partial charge in [-0.3, -0.25) is 4.72 Å². The van der Waals surface area contributed by atoms with Crippen LogP contribution in [0.2, 0.25) is 0 Å². The summed E-state index contributed by atoms with van der Waals surface area (Å²) >= 11 is 0. The fraction of sp³-hybridized carbons (Fsp3) is 0.571. The van der Waals surface area contributed by atoms with E-state index in [2.05, 4.69) is 35.8 Å². The van der Waals surface area contributed by atoms with Gasteiger partial charge >= 0.3 is 0 Å². The molecule has 2 rings (SSSR count). The average Bonchev–Trinajstić information content (AvgIpc) is 2.34. The summed E-state index contributed by atoms with van der Waals surface area (Å²) in [6.07, 6.45) is 1.06. The third kappa shape index (κ3) is 4.59. The summed E-state index contributed by atoms with van der Waals surface area (Å²) in [7, 11) is -1.59. The van der Waals surface area contributed by atoms with Crippen LogP contribution in [0.5, 0.6) is 0 Å². The molecule has 118 valence electrons. The monoisotopic (exact) mass is 312 g/mol. The first-order chi connectivity index (χ1) is 9.74. The number of likely N-dealkylation sites (tertiary alicyclic amines) is 1. The zero-order valence-corrected chi connectivity index (χ0v) is 13.5. The third-order valence-electron chi connectivity index (χ3n) is 4.09. The van der Waals surface area contributed by atoms with E-state index in [1.807, 2.05) is 6.07 Å². The van der Waals surface area contributed by atoms with Crippen molar-refractivity contribution >= 4 is 21.6 Å². The lowest BCUT2D eigenvalue weighted by Crippen LogP contribution is -2.48. The summed E-state index contributed by atoms with van der Waals surface area (Å²) in [5, 5.41) is 8.50. The van der Waals surface area contributed by atoms with Gasteiger partial charge < -0.3 is 10.2 Å². The molecule has 0 amide bonds. The Morgan fingerprint density at radius 1 is 1.29 bits per heavy atom. The molecule has 0 bridgehead atoms. The van der Waals surface area contributed by atoms with Crippen LogP contribution in [0.15, 0.2) is 24.3 Å². The predicted octanol–water partition coefficient (Wildman–Crippen LogP) is 1.44. The second-order valence-electron chi connectivity index (χ2n) is 5.98. The maximum atomic E-state index is 11.1. The van der Waals surface area contributed by atoms with Crippen molar-refractivity contribution in [3.05, 3.63) is 24.3 Å². The number of benzene rings is 1. The highest BCUT2D eigenvalue weighted by molar-refractivity contribution is 7.90. The Balaban J connectivity index is 2.07. The van der Waals surface area contributed by atoms with Gasteiger partial charge in [0.25, 0.3) is 10.2 Å². The molecular formula is C14H24N4O2S. The van der Waals surface area contributed by atoms with Crippen LogP contribution >= 0.6 is 0 Å². The minimum Gasteiger partial charge on any atom is -0.382 e. The molecule has 1 aliphatic rings. The zero-order chi connectivity index (χ0) is 15.6. The molecule has 1 saturated heterocycles. The summed E-state index contributed by atoms with van der Waals surface area (Å²) in [4.78, 5) is 2.36. The number of hydrogen-bond acceptors (Lipinski definition) is 4. The number of nitrogens with one attached hydrogen (secondary N) is 2. The van der Waals surface area contributed by atoms with Crippen molar-refractivity contribution < 1.29 is 8.42 Å². The van der Waals surface area contributed by atoms with Gasteiger partial charge in [0.15, 0.2) is 0 Å². The molecule has 6 nitrogen and oxygen atoms in total. The Kier molecular flexibility index (Phi) is 4.75. The van der Waals surface area contributed by atoms with E-state index in [4.69, 9.17) is 5.14 Å². The summed E-state index contributed by atoms with van der Waals surface area (Å²) in [6.45, 7) is 5.50. The van der Waals surface area contributed by atoms with Crippen molar-refractivity contribution in [1.29, 1.82) is 0 Å². The van der Waals surface area contributed by atoms with Gasteiger partial charge in [0.1, 0.15) is 0 Å². The highest BCUT2D eigenvalue weighted by Gasteiger charge is 2.28. The predicted molar refractivity (Wildman–Crippen MR) is 86.5 cm³/mol. The molecule has 21 heavy (non-hydrogen) atoms. The fourth-order valence-electron chi connectivity index (χ4n) is 2.79. The maximum absolute atomic E-state index is 11.1. The van der Waals surface area contributed by atoms with Gasteiger partial charge in [-0.1, -0.05) is 13.0 Å². The van der Waals surface area contributed by atoms with Crippen LogP contribution in [-0.2, 0) is 10.2 Å². The third-order valence-corrected chi connectivity index (χ3v) is 4.61. The minimum atomic E-state index is -3.74. The van der Waals surface area contributed by atoms with E-state index < -0.39 is 10.2 Å². The van der Waals surface area contributed by atoms with E-state index in [-0.39, 0.29) is 0 Å². The Hall–Kier alpha value is -1.31. The van der Waals surface area contributed by atoms with Gasteiger partial charge in [-0.25, -0.2) is 5.14 Å². The maximum Gasteiger partial charge on any atom is 0.296 e. The van der Waals surface area contributed by atoms with Crippen molar-refractivity contribution in [2.24, 2.45) is 11.1 Å². The van der Waals surface area contributed by atoms with Crippen LogP contribution in [0.3, 0.4) is 0 Å².